The number of aromatic hydroxyl groups is 1. The Morgan fingerprint density at radius 3 is 1.70 bits per heavy atom. The Balaban J connectivity index is 2.46. The summed E-state index contributed by atoms with van der Waals surface area (Å²) in [5.74, 6) is 0.277. The van der Waals surface area contributed by atoms with E-state index in [1.807, 2.05) is 72.7 Å². The van der Waals surface area contributed by atoms with E-state index < -0.39 is 10.0 Å². The first kappa shape index (κ1) is 23.9. The Morgan fingerprint density at radius 2 is 1.30 bits per heavy atom. The highest BCUT2D eigenvalue weighted by molar-refractivity contribution is 7.89. The fourth-order valence-corrected chi connectivity index (χ4v) is 4.93. The molecule has 0 atom stereocenters. The molecule has 0 aliphatic carbocycles. The molecule has 0 amide bonds. The van der Waals surface area contributed by atoms with Gasteiger partial charge in [0, 0.05) is 11.1 Å². The molecular formula is C24H34N2O3S. The van der Waals surface area contributed by atoms with Crippen LogP contribution in [-0.2, 0) is 20.9 Å². The van der Waals surface area contributed by atoms with Crippen LogP contribution in [0.2, 0.25) is 0 Å². The van der Waals surface area contributed by atoms with Crippen molar-refractivity contribution in [3.8, 4) is 5.75 Å². The number of sulfonamides is 1. The Bertz CT molecular complexity index is 1030. The molecular weight excluding hydrogens is 396 g/mol. The molecule has 0 aliphatic heterocycles. The molecule has 2 aromatic rings. The number of phenolic OH excluding ortho intramolecular Hbond substituents is 1. The molecule has 30 heavy (non-hydrogen) atoms. The fourth-order valence-electron chi connectivity index (χ4n) is 3.68. The molecule has 0 aliphatic rings. The second-order valence-electron chi connectivity index (χ2n) is 10.0. The number of phenols is 1. The summed E-state index contributed by atoms with van der Waals surface area (Å²) in [4.78, 5) is 2.59. The van der Waals surface area contributed by atoms with Crippen LogP contribution in [0, 0.1) is 20.8 Å². The van der Waals surface area contributed by atoms with Gasteiger partial charge in [-0.2, -0.15) is 13.5 Å². The first-order valence-electron chi connectivity index (χ1n) is 10.0. The zero-order valence-corrected chi connectivity index (χ0v) is 20.3. The Hall–Kier alpha value is -2.34. The second kappa shape index (κ2) is 8.06. The zero-order chi connectivity index (χ0) is 23.1. The van der Waals surface area contributed by atoms with E-state index in [-0.39, 0.29) is 21.5 Å². The van der Waals surface area contributed by atoms with Crippen molar-refractivity contribution < 1.29 is 13.5 Å². The van der Waals surface area contributed by atoms with Crippen molar-refractivity contribution >= 4 is 16.2 Å². The molecule has 0 radical (unpaired) electrons. The lowest BCUT2D eigenvalue weighted by Gasteiger charge is -2.27. The van der Waals surface area contributed by atoms with Crippen molar-refractivity contribution in [3.05, 3.63) is 57.6 Å². The van der Waals surface area contributed by atoms with Crippen LogP contribution in [0.4, 0.5) is 0 Å². The average Bonchev–Trinajstić information content (AvgIpc) is 2.52. The van der Waals surface area contributed by atoms with Crippen molar-refractivity contribution in [1.29, 1.82) is 0 Å². The van der Waals surface area contributed by atoms with Gasteiger partial charge < -0.3 is 5.11 Å². The molecule has 0 fully saturated rings. The summed E-state index contributed by atoms with van der Waals surface area (Å²) < 4.78 is 25.6. The number of nitrogens with one attached hydrogen (secondary N) is 1. The number of hydrogen-bond acceptors (Lipinski definition) is 4. The molecule has 164 valence electrons. The van der Waals surface area contributed by atoms with Crippen LogP contribution in [0.15, 0.2) is 34.3 Å². The van der Waals surface area contributed by atoms with E-state index >= 15 is 0 Å². The quantitative estimate of drug-likeness (QED) is 0.515. The third kappa shape index (κ3) is 5.22. The number of hydrazone groups is 1. The summed E-state index contributed by atoms with van der Waals surface area (Å²) in [5, 5.41) is 14.8. The molecule has 0 heterocycles. The second-order valence-corrected chi connectivity index (χ2v) is 11.6. The van der Waals surface area contributed by atoms with E-state index in [0.29, 0.717) is 11.1 Å². The largest absolute Gasteiger partial charge is 0.507 e. The third-order valence-electron chi connectivity index (χ3n) is 5.01. The molecule has 2 aromatic carbocycles. The third-order valence-corrected chi connectivity index (χ3v) is 6.54. The van der Waals surface area contributed by atoms with Crippen LogP contribution < -0.4 is 4.83 Å². The molecule has 2 N–H and O–H groups in total. The van der Waals surface area contributed by atoms with E-state index in [4.69, 9.17) is 0 Å². The first-order valence-corrected chi connectivity index (χ1v) is 11.5. The van der Waals surface area contributed by atoms with E-state index in [1.54, 1.807) is 13.8 Å². The van der Waals surface area contributed by atoms with Gasteiger partial charge in [-0.15, -0.1) is 0 Å². The monoisotopic (exact) mass is 430 g/mol. The average molecular weight is 431 g/mol. The highest BCUT2D eigenvalue weighted by Crippen LogP contribution is 2.39. The van der Waals surface area contributed by atoms with Crippen molar-refractivity contribution in [1.82, 2.24) is 4.83 Å². The summed E-state index contributed by atoms with van der Waals surface area (Å²) in [6.45, 7) is 17.7. The molecule has 2 rings (SSSR count). The zero-order valence-electron chi connectivity index (χ0n) is 19.5. The van der Waals surface area contributed by atoms with Crippen molar-refractivity contribution in [2.45, 2.75) is 78.0 Å². The lowest BCUT2D eigenvalue weighted by Crippen LogP contribution is -2.21. The van der Waals surface area contributed by atoms with Crippen LogP contribution in [0.3, 0.4) is 0 Å². The van der Waals surface area contributed by atoms with Gasteiger partial charge in [-0.05, 0) is 60.4 Å². The van der Waals surface area contributed by atoms with Gasteiger partial charge in [0.2, 0.25) is 0 Å². The standard InChI is InChI=1S/C24H34N2O3S/c1-15-10-16(2)22(17(3)11-15)30(28,29)26-25-14-18-12-19(23(4,5)6)21(27)20(13-18)24(7,8)9/h10-14,26-27H,1-9H3/b25-14+. The van der Waals surface area contributed by atoms with Crippen LogP contribution >= 0.6 is 0 Å². The summed E-state index contributed by atoms with van der Waals surface area (Å²) in [6.07, 6.45) is 1.49. The molecule has 0 aromatic heterocycles. The number of rotatable bonds is 4. The highest BCUT2D eigenvalue weighted by atomic mass is 32.2. The van der Waals surface area contributed by atoms with Gasteiger partial charge in [-0.25, -0.2) is 4.83 Å². The van der Waals surface area contributed by atoms with Gasteiger partial charge in [-0.3, -0.25) is 0 Å². The molecule has 0 spiro atoms. The molecule has 0 saturated carbocycles. The van der Waals surface area contributed by atoms with Crippen LogP contribution in [0.5, 0.6) is 5.75 Å². The maximum absolute atomic E-state index is 12.8. The Labute approximate surface area is 181 Å². The highest BCUT2D eigenvalue weighted by Gasteiger charge is 2.26. The minimum Gasteiger partial charge on any atom is -0.507 e. The summed E-state index contributed by atoms with van der Waals surface area (Å²) in [6, 6.07) is 7.39. The Morgan fingerprint density at radius 1 is 0.867 bits per heavy atom. The van der Waals surface area contributed by atoms with Gasteiger partial charge in [0.1, 0.15) is 5.75 Å². The van der Waals surface area contributed by atoms with Crippen LogP contribution in [-0.4, -0.2) is 19.7 Å². The predicted octanol–water partition coefficient (Wildman–Crippen LogP) is 5.22. The van der Waals surface area contributed by atoms with E-state index in [0.717, 1.165) is 22.3 Å². The summed E-state index contributed by atoms with van der Waals surface area (Å²) in [5.41, 5.74) is 4.15. The summed E-state index contributed by atoms with van der Waals surface area (Å²) in [7, 11) is -3.79. The van der Waals surface area contributed by atoms with Crippen molar-refractivity contribution in [3.63, 3.8) is 0 Å². The van der Waals surface area contributed by atoms with Gasteiger partial charge in [0.05, 0.1) is 11.1 Å². The van der Waals surface area contributed by atoms with Gasteiger partial charge in [-0.1, -0.05) is 59.2 Å². The molecule has 6 heteroatoms. The number of nitrogens with zero attached hydrogens (tertiary/aromatic N) is 1. The number of hydrogen-bond donors (Lipinski definition) is 2. The maximum atomic E-state index is 12.8. The van der Waals surface area contributed by atoms with E-state index in [2.05, 4.69) is 9.93 Å². The molecule has 0 unspecified atom stereocenters. The minimum atomic E-state index is -3.79. The lowest BCUT2D eigenvalue weighted by molar-refractivity contribution is 0.423. The maximum Gasteiger partial charge on any atom is 0.277 e. The van der Waals surface area contributed by atoms with E-state index in [1.165, 1.54) is 6.21 Å². The molecule has 0 saturated heterocycles. The fraction of sp³-hybridized carbons (Fsp3) is 0.458. The topological polar surface area (TPSA) is 78.8 Å². The van der Waals surface area contributed by atoms with Crippen LogP contribution in [0.1, 0.15) is 74.9 Å². The van der Waals surface area contributed by atoms with Crippen molar-refractivity contribution in [2.75, 3.05) is 0 Å². The van der Waals surface area contributed by atoms with Crippen molar-refractivity contribution in [2.24, 2.45) is 5.10 Å². The minimum absolute atomic E-state index is 0.252. The van der Waals surface area contributed by atoms with Gasteiger partial charge in [0.25, 0.3) is 10.0 Å². The number of benzene rings is 2. The predicted molar refractivity (Wildman–Crippen MR) is 124 cm³/mol. The van der Waals surface area contributed by atoms with Crippen LogP contribution in [0.25, 0.3) is 0 Å². The lowest BCUT2D eigenvalue weighted by atomic mass is 9.78. The summed E-state index contributed by atoms with van der Waals surface area (Å²) >= 11 is 0. The smallest absolute Gasteiger partial charge is 0.277 e. The van der Waals surface area contributed by atoms with Gasteiger partial charge >= 0.3 is 0 Å². The van der Waals surface area contributed by atoms with Gasteiger partial charge in [0.15, 0.2) is 0 Å². The molecule has 0 bridgehead atoms. The normalized spacial score (nSPS) is 13.1. The SMILES string of the molecule is Cc1cc(C)c(S(=O)(=O)N/N=C/c2cc(C(C)(C)C)c(O)c(C(C)(C)C)c2)c(C)c1. The molecule has 5 nitrogen and oxygen atoms in total. The first-order chi connectivity index (χ1) is 13.5. The number of aryl methyl sites for hydroxylation is 3. The Kier molecular flexibility index (Phi) is 6.43. The van der Waals surface area contributed by atoms with E-state index in [9.17, 15) is 13.5 Å².